The van der Waals surface area contributed by atoms with E-state index in [9.17, 15) is 18.0 Å². The van der Waals surface area contributed by atoms with Crippen molar-refractivity contribution in [3.63, 3.8) is 0 Å². The van der Waals surface area contributed by atoms with Crippen LogP contribution >= 0.6 is 0 Å². The number of aryl methyl sites for hydroxylation is 1. The molecule has 1 aromatic carbocycles. The van der Waals surface area contributed by atoms with Crippen LogP contribution in [0.4, 0.5) is 19.1 Å². The minimum atomic E-state index is -4.44. The number of piperidine rings is 1. The van der Waals surface area contributed by atoms with Crippen LogP contribution in [0.5, 0.6) is 0 Å². The summed E-state index contributed by atoms with van der Waals surface area (Å²) in [5.74, 6) is 0.283. The number of benzene rings is 1. The predicted molar refractivity (Wildman–Crippen MR) is 109 cm³/mol. The first kappa shape index (κ1) is 21.1. The van der Waals surface area contributed by atoms with Crippen LogP contribution in [0, 0.1) is 0 Å². The van der Waals surface area contributed by atoms with E-state index < -0.39 is 11.7 Å². The second kappa shape index (κ2) is 8.91. The van der Waals surface area contributed by atoms with E-state index in [0.717, 1.165) is 23.3 Å². The second-order valence-corrected chi connectivity index (χ2v) is 7.65. The van der Waals surface area contributed by atoms with Gasteiger partial charge < -0.3 is 10.2 Å². The zero-order valence-corrected chi connectivity index (χ0v) is 16.8. The van der Waals surface area contributed by atoms with Gasteiger partial charge in [-0.2, -0.15) is 18.3 Å². The Morgan fingerprint density at radius 1 is 1.13 bits per heavy atom. The number of rotatable bonds is 6. The number of hydrogen-bond donors (Lipinski definition) is 1. The Hall–Kier alpha value is -3.17. The normalized spacial score (nSPS) is 15.4. The molecule has 10 heteroatoms. The van der Waals surface area contributed by atoms with E-state index in [4.69, 9.17) is 0 Å². The highest BCUT2D eigenvalue weighted by atomic mass is 19.4. The first-order valence-corrected chi connectivity index (χ1v) is 10.2. The van der Waals surface area contributed by atoms with Crippen LogP contribution in [0.15, 0.2) is 42.9 Å². The van der Waals surface area contributed by atoms with E-state index in [0.29, 0.717) is 45.3 Å². The number of amides is 1. The molecule has 0 saturated carbocycles. The number of hydrogen-bond acceptors (Lipinski definition) is 5. The molecule has 0 aliphatic carbocycles. The molecule has 0 atom stereocenters. The number of nitrogens with zero attached hydrogens (tertiary/aromatic N) is 5. The molecule has 1 amide bonds. The van der Waals surface area contributed by atoms with E-state index in [1.807, 2.05) is 40.0 Å². The van der Waals surface area contributed by atoms with Gasteiger partial charge in [0.15, 0.2) is 0 Å². The summed E-state index contributed by atoms with van der Waals surface area (Å²) in [5, 5.41) is 8.61. The van der Waals surface area contributed by atoms with Crippen molar-refractivity contribution in [3.8, 4) is 0 Å². The van der Waals surface area contributed by atoms with Crippen molar-refractivity contribution < 1.29 is 18.0 Å². The minimum Gasteiger partial charge on any atom is -0.353 e. The lowest BCUT2D eigenvalue weighted by Crippen LogP contribution is -2.45. The van der Waals surface area contributed by atoms with Crippen molar-refractivity contribution in [1.29, 1.82) is 0 Å². The Bertz CT molecular complexity index is 993. The Balaban J connectivity index is 1.19. The van der Waals surface area contributed by atoms with Gasteiger partial charge in [-0.15, -0.1) is 0 Å². The zero-order valence-electron chi connectivity index (χ0n) is 16.8. The molecule has 164 valence electrons. The number of nitrogens with one attached hydrogen (secondary N) is 1. The van der Waals surface area contributed by atoms with Crippen LogP contribution in [0.3, 0.4) is 0 Å². The van der Waals surface area contributed by atoms with Crippen molar-refractivity contribution in [2.45, 2.75) is 44.4 Å². The summed E-state index contributed by atoms with van der Waals surface area (Å²) < 4.78 is 39.8. The fourth-order valence-electron chi connectivity index (χ4n) is 3.69. The van der Waals surface area contributed by atoms with Crippen LogP contribution in [-0.4, -0.2) is 44.8 Å². The molecule has 1 N–H and O–H groups in total. The largest absolute Gasteiger partial charge is 0.419 e. The summed E-state index contributed by atoms with van der Waals surface area (Å²) in [6.45, 7) is 1.83. The fourth-order valence-corrected chi connectivity index (χ4v) is 3.69. The molecule has 1 fully saturated rings. The van der Waals surface area contributed by atoms with E-state index in [2.05, 4.69) is 20.4 Å². The van der Waals surface area contributed by atoms with Gasteiger partial charge in [0, 0.05) is 56.1 Å². The summed E-state index contributed by atoms with van der Waals surface area (Å²) in [7, 11) is 0. The van der Waals surface area contributed by atoms with Crippen molar-refractivity contribution >= 4 is 22.8 Å². The first-order valence-electron chi connectivity index (χ1n) is 10.2. The number of fused-ring (bicyclic) bond motifs is 1. The molecule has 3 aromatic rings. The van der Waals surface area contributed by atoms with Gasteiger partial charge >= 0.3 is 6.18 Å². The van der Waals surface area contributed by atoms with Crippen LogP contribution in [0.1, 0.15) is 31.2 Å². The third-order valence-electron chi connectivity index (χ3n) is 5.36. The maximum absolute atomic E-state index is 12.6. The number of carbonyl (C=O) groups excluding carboxylic acids is 1. The number of anilines is 1. The highest BCUT2D eigenvalue weighted by molar-refractivity contribution is 5.77. The standard InChI is InChI=1S/C21H23F3N6O/c22-21(23,24)16-12-25-20(26-13-16)29-10-7-17(8-11-29)27-19(31)6-3-9-30-14-15-4-1-2-5-18(15)28-30/h1-2,4-5,12-14,17H,3,6-11H2,(H,27,31). The topological polar surface area (TPSA) is 75.9 Å². The maximum Gasteiger partial charge on any atom is 0.419 e. The summed E-state index contributed by atoms with van der Waals surface area (Å²) in [6, 6.07) is 7.93. The average Bonchev–Trinajstić information content (AvgIpc) is 3.16. The molecule has 31 heavy (non-hydrogen) atoms. The summed E-state index contributed by atoms with van der Waals surface area (Å²) in [6.07, 6.45) is 1.64. The molecule has 1 aliphatic heterocycles. The predicted octanol–water partition coefficient (Wildman–Crippen LogP) is 3.41. The fraction of sp³-hybridized carbons (Fsp3) is 0.429. The van der Waals surface area contributed by atoms with Gasteiger partial charge in [-0.25, -0.2) is 9.97 Å². The molecule has 7 nitrogen and oxygen atoms in total. The highest BCUT2D eigenvalue weighted by Gasteiger charge is 2.32. The summed E-state index contributed by atoms with van der Waals surface area (Å²) >= 11 is 0. The molecule has 3 heterocycles. The first-order chi connectivity index (χ1) is 14.9. The number of alkyl halides is 3. The second-order valence-electron chi connectivity index (χ2n) is 7.65. The number of halogens is 3. The SMILES string of the molecule is O=C(CCCn1cc2ccccc2n1)NC1CCN(c2ncc(C(F)(F)F)cn2)CC1. The Kier molecular flexibility index (Phi) is 6.06. The van der Waals surface area contributed by atoms with E-state index >= 15 is 0 Å². The van der Waals surface area contributed by atoms with Gasteiger partial charge in [0.05, 0.1) is 11.1 Å². The van der Waals surface area contributed by atoms with Crippen LogP contribution in [0.2, 0.25) is 0 Å². The van der Waals surface area contributed by atoms with Crippen molar-refractivity contribution in [2.75, 3.05) is 18.0 Å². The van der Waals surface area contributed by atoms with Gasteiger partial charge in [-0.3, -0.25) is 9.48 Å². The molecule has 0 bridgehead atoms. The smallest absolute Gasteiger partial charge is 0.353 e. The number of aromatic nitrogens is 4. The van der Waals surface area contributed by atoms with Gasteiger partial charge in [0.2, 0.25) is 11.9 Å². The van der Waals surface area contributed by atoms with Gasteiger partial charge in [-0.05, 0) is 25.3 Å². The van der Waals surface area contributed by atoms with Crippen molar-refractivity contribution in [3.05, 3.63) is 48.4 Å². The third kappa shape index (κ3) is 5.31. The molecule has 2 aromatic heterocycles. The van der Waals surface area contributed by atoms with E-state index in [-0.39, 0.29) is 17.9 Å². The van der Waals surface area contributed by atoms with Crippen LogP contribution in [0.25, 0.3) is 10.9 Å². The number of carbonyl (C=O) groups is 1. The average molecular weight is 432 g/mol. The van der Waals surface area contributed by atoms with Crippen molar-refractivity contribution in [1.82, 2.24) is 25.1 Å². The lowest BCUT2D eigenvalue weighted by atomic mass is 10.0. The highest BCUT2D eigenvalue weighted by Crippen LogP contribution is 2.28. The van der Waals surface area contributed by atoms with Gasteiger partial charge in [0.25, 0.3) is 0 Å². The summed E-state index contributed by atoms with van der Waals surface area (Å²) in [5.41, 5.74) is 0.0809. The third-order valence-corrected chi connectivity index (χ3v) is 5.36. The molecule has 0 unspecified atom stereocenters. The molecule has 1 saturated heterocycles. The Labute approximate surface area is 177 Å². The Morgan fingerprint density at radius 3 is 2.52 bits per heavy atom. The lowest BCUT2D eigenvalue weighted by molar-refractivity contribution is -0.138. The minimum absolute atomic E-state index is 0.000872. The maximum atomic E-state index is 12.6. The van der Waals surface area contributed by atoms with Crippen molar-refractivity contribution in [2.24, 2.45) is 0 Å². The summed E-state index contributed by atoms with van der Waals surface area (Å²) in [4.78, 5) is 21.8. The Morgan fingerprint density at radius 2 is 1.84 bits per heavy atom. The van der Waals surface area contributed by atoms with Crippen LogP contribution < -0.4 is 10.2 Å². The molecule has 0 spiro atoms. The van der Waals surface area contributed by atoms with Crippen LogP contribution in [-0.2, 0) is 17.5 Å². The zero-order chi connectivity index (χ0) is 21.8. The van der Waals surface area contributed by atoms with Gasteiger partial charge in [-0.1, -0.05) is 18.2 Å². The van der Waals surface area contributed by atoms with E-state index in [1.54, 1.807) is 0 Å². The molecule has 0 radical (unpaired) electrons. The monoisotopic (exact) mass is 432 g/mol. The van der Waals surface area contributed by atoms with E-state index in [1.165, 1.54) is 0 Å². The lowest BCUT2D eigenvalue weighted by Gasteiger charge is -2.32. The molecular formula is C21H23F3N6O. The molecular weight excluding hydrogens is 409 g/mol. The van der Waals surface area contributed by atoms with Gasteiger partial charge in [0.1, 0.15) is 0 Å². The molecule has 4 rings (SSSR count). The quantitative estimate of drug-likeness (QED) is 0.646. The molecule has 1 aliphatic rings.